The van der Waals surface area contributed by atoms with E-state index in [-0.39, 0.29) is 30.9 Å². The summed E-state index contributed by atoms with van der Waals surface area (Å²) in [6.45, 7) is 3.73. The highest BCUT2D eigenvalue weighted by molar-refractivity contribution is 5.97. The Hall–Kier alpha value is -2.57. The summed E-state index contributed by atoms with van der Waals surface area (Å²) in [6.07, 6.45) is -0.138. The Kier molecular flexibility index (Phi) is 6.19. The highest BCUT2D eigenvalue weighted by atomic mass is 16.4. The number of carboxylic acid groups (broad SMARTS) is 1. The molecule has 1 aromatic carbocycles. The lowest BCUT2D eigenvalue weighted by Crippen LogP contribution is -2.34. The molecule has 1 aromatic rings. The molecule has 7 nitrogen and oxygen atoms in total. The van der Waals surface area contributed by atoms with Gasteiger partial charge in [-0.2, -0.15) is 0 Å². The first-order valence-electron chi connectivity index (χ1n) is 6.56. The van der Waals surface area contributed by atoms with Gasteiger partial charge in [-0.25, -0.2) is 4.79 Å². The Balaban J connectivity index is 2.61. The van der Waals surface area contributed by atoms with Crippen LogP contribution in [0, 0.1) is 0 Å². The van der Waals surface area contributed by atoms with E-state index in [4.69, 9.17) is 5.11 Å². The Morgan fingerprint density at radius 1 is 1.24 bits per heavy atom. The molecule has 0 spiro atoms. The van der Waals surface area contributed by atoms with Gasteiger partial charge >= 0.3 is 12.0 Å². The van der Waals surface area contributed by atoms with Crippen molar-refractivity contribution in [1.29, 1.82) is 0 Å². The minimum Gasteiger partial charge on any atom is -0.481 e. The van der Waals surface area contributed by atoms with Crippen LogP contribution in [-0.2, 0) is 4.79 Å². The Morgan fingerprint density at radius 3 is 2.57 bits per heavy atom. The van der Waals surface area contributed by atoms with Gasteiger partial charge in [-0.15, -0.1) is 0 Å². The molecule has 0 bridgehead atoms. The zero-order valence-corrected chi connectivity index (χ0v) is 12.0. The summed E-state index contributed by atoms with van der Waals surface area (Å²) in [4.78, 5) is 33.7. The standard InChI is InChI=1S/C14H19N3O4/c1-9(2)16-14(21)17-11-5-3-4-10(8-11)13(20)15-7-6-12(18)19/h3-5,8-9H,6-7H2,1-2H3,(H,15,20)(H,18,19)(H2,16,17,21). The summed E-state index contributed by atoms with van der Waals surface area (Å²) in [5.74, 6) is -1.36. The molecule has 0 aliphatic rings. The highest BCUT2D eigenvalue weighted by Gasteiger charge is 2.08. The summed E-state index contributed by atoms with van der Waals surface area (Å²) < 4.78 is 0. The fraction of sp³-hybridized carbons (Fsp3) is 0.357. The molecule has 0 saturated heterocycles. The van der Waals surface area contributed by atoms with Crippen LogP contribution in [0.4, 0.5) is 10.5 Å². The molecule has 0 radical (unpaired) electrons. The van der Waals surface area contributed by atoms with Gasteiger partial charge in [0.05, 0.1) is 6.42 Å². The molecule has 0 heterocycles. The van der Waals surface area contributed by atoms with Gasteiger partial charge in [0.2, 0.25) is 0 Å². The molecule has 21 heavy (non-hydrogen) atoms. The molecule has 0 unspecified atom stereocenters. The normalized spacial score (nSPS) is 10.0. The van der Waals surface area contributed by atoms with E-state index in [1.54, 1.807) is 18.2 Å². The monoisotopic (exact) mass is 293 g/mol. The van der Waals surface area contributed by atoms with E-state index in [9.17, 15) is 14.4 Å². The van der Waals surface area contributed by atoms with Crippen molar-refractivity contribution in [3.8, 4) is 0 Å². The Bertz CT molecular complexity index is 529. The average molecular weight is 293 g/mol. The van der Waals surface area contributed by atoms with Crippen molar-refractivity contribution in [2.24, 2.45) is 0 Å². The average Bonchev–Trinajstić information content (AvgIpc) is 2.37. The number of benzene rings is 1. The van der Waals surface area contributed by atoms with E-state index in [0.29, 0.717) is 11.3 Å². The maximum atomic E-state index is 11.8. The number of carbonyl (C=O) groups is 3. The number of urea groups is 1. The van der Waals surface area contributed by atoms with Gasteiger partial charge in [0, 0.05) is 23.8 Å². The summed E-state index contributed by atoms with van der Waals surface area (Å²) in [7, 11) is 0. The van der Waals surface area contributed by atoms with Crippen molar-refractivity contribution >= 4 is 23.6 Å². The zero-order chi connectivity index (χ0) is 15.8. The molecule has 0 atom stereocenters. The van der Waals surface area contributed by atoms with E-state index in [1.807, 2.05) is 13.8 Å². The van der Waals surface area contributed by atoms with E-state index in [0.717, 1.165) is 0 Å². The van der Waals surface area contributed by atoms with Crippen molar-refractivity contribution < 1.29 is 19.5 Å². The maximum absolute atomic E-state index is 11.8. The van der Waals surface area contributed by atoms with E-state index >= 15 is 0 Å². The first-order chi connectivity index (χ1) is 9.88. The van der Waals surface area contributed by atoms with Crippen LogP contribution in [-0.4, -0.2) is 35.6 Å². The molecule has 1 rings (SSSR count). The van der Waals surface area contributed by atoms with Crippen LogP contribution < -0.4 is 16.0 Å². The summed E-state index contributed by atoms with van der Waals surface area (Å²) in [5.41, 5.74) is 0.835. The maximum Gasteiger partial charge on any atom is 0.319 e. The van der Waals surface area contributed by atoms with Crippen molar-refractivity contribution in [2.45, 2.75) is 26.3 Å². The third-order valence-electron chi connectivity index (χ3n) is 2.43. The molecule has 3 amide bonds. The lowest BCUT2D eigenvalue weighted by Gasteiger charge is -2.11. The largest absolute Gasteiger partial charge is 0.481 e. The molecule has 0 aromatic heterocycles. The predicted molar refractivity (Wildman–Crippen MR) is 78.3 cm³/mol. The van der Waals surface area contributed by atoms with Crippen molar-refractivity contribution in [3.05, 3.63) is 29.8 Å². The van der Waals surface area contributed by atoms with Gasteiger partial charge in [0.25, 0.3) is 5.91 Å². The van der Waals surface area contributed by atoms with Crippen molar-refractivity contribution in [1.82, 2.24) is 10.6 Å². The quantitative estimate of drug-likeness (QED) is 0.636. The number of carbonyl (C=O) groups excluding carboxylic acids is 2. The van der Waals surface area contributed by atoms with Crippen LogP contribution in [0.2, 0.25) is 0 Å². The van der Waals surface area contributed by atoms with Crippen molar-refractivity contribution in [3.63, 3.8) is 0 Å². The van der Waals surface area contributed by atoms with Gasteiger partial charge in [-0.1, -0.05) is 6.07 Å². The van der Waals surface area contributed by atoms with Crippen LogP contribution in [0.1, 0.15) is 30.6 Å². The molecular formula is C14H19N3O4. The minimum absolute atomic E-state index is 0.00694. The lowest BCUT2D eigenvalue weighted by molar-refractivity contribution is -0.136. The number of amides is 3. The van der Waals surface area contributed by atoms with Crippen LogP contribution >= 0.6 is 0 Å². The predicted octanol–water partition coefficient (Wildman–Crippen LogP) is 1.42. The van der Waals surface area contributed by atoms with E-state index < -0.39 is 5.97 Å². The summed E-state index contributed by atoms with van der Waals surface area (Å²) in [5, 5.41) is 16.3. The fourth-order valence-corrected chi connectivity index (χ4v) is 1.55. The van der Waals surface area contributed by atoms with Crippen LogP contribution in [0.15, 0.2) is 24.3 Å². The second-order valence-electron chi connectivity index (χ2n) is 4.73. The third kappa shape index (κ3) is 6.42. The number of carboxylic acids is 1. The topological polar surface area (TPSA) is 108 Å². The van der Waals surface area contributed by atoms with Gasteiger partial charge in [-0.3, -0.25) is 9.59 Å². The molecular weight excluding hydrogens is 274 g/mol. The number of anilines is 1. The van der Waals surface area contributed by atoms with Gasteiger partial charge < -0.3 is 21.1 Å². The Morgan fingerprint density at radius 2 is 1.95 bits per heavy atom. The molecule has 0 aliphatic heterocycles. The summed E-state index contributed by atoms with van der Waals surface area (Å²) in [6, 6.07) is 6.06. The second kappa shape index (κ2) is 7.88. The van der Waals surface area contributed by atoms with E-state index in [2.05, 4.69) is 16.0 Å². The lowest BCUT2D eigenvalue weighted by atomic mass is 10.2. The Labute approximate surface area is 122 Å². The minimum atomic E-state index is -0.976. The number of rotatable bonds is 6. The number of hydrogen-bond donors (Lipinski definition) is 4. The molecule has 114 valence electrons. The molecule has 0 aliphatic carbocycles. The van der Waals surface area contributed by atoms with Crippen LogP contribution in [0.5, 0.6) is 0 Å². The van der Waals surface area contributed by atoms with Crippen LogP contribution in [0.3, 0.4) is 0 Å². The van der Waals surface area contributed by atoms with Gasteiger partial charge in [0.1, 0.15) is 0 Å². The molecule has 0 saturated carbocycles. The smallest absolute Gasteiger partial charge is 0.319 e. The second-order valence-corrected chi connectivity index (χ2v) is 4.73. The van der Waals surface area contributed by atoms with Gasteiger partial charge in [0.15, 0.2) is 0 Å². The number of nitrogens with one attached hydrogen (secondary N) is 3. The number of aliphatic carboxylic acids is 1. The number of hydrogen-bond acceptors (Lipinski definition) is 3. The van der Waals surface area contributed by atoms with Gasteiger partial charge in [-0.05, 0) is 32.0 Å². The zero-order valence-electron chi connectivity index (χ0n) is 12.0. The first kappa shape index (κ1) is 16.5. The fourth-order valence-electron chi connectivity index (χ4n) is 1.55. The highest BCUT2D eigenvalue weighted by Crippen LogP contribution is 2.10. The van der Waals surface area contributed by atoms with Crippen molar-refractivity contribution in [2.75, 3.05) is 11.9 Å². The molecule has 4 N–H and O–H groups in total. The molecule has 7 heteroatoms. The molecule has 0 fully saturated rings. The summed E-state index contributed by atoms with van der Waals surface area (Å²) >= 11 is 0. The van der Waals surface area contributed by atoms with Crippen LogP contribution in [0.25, 0.3) is 0 Å². The SMILES string of the molecule is CC(C)NC(=O)Nc1cccc(C(=O)NCCC(=O)O)c1. The first-order valence-corrected chi connectivity index (χ1v) is 6.56. The van der Waals surface area contributed by atoms with E-state index in [1.165, 1.54) is 6.07 Å². The third-order valence-corrected chi connectivity index (χ3v) is 2.43.